The van der Waals surface area contributed by atoms with Gasteiger partial charge in [0.1, 0.15) is 0 Å². The zero-order valence-electron chi connectivity index (χ0n) is 12.4. The van der Waals surface area contributed by atoms with E-state index >= 15 is 0 Å². The van der Waals surface area contributed by atoms with Gasteiger partial charge in [-0.05, 0) is 50.5 Å². The molecule has 0 saturated heterocycles. The van der Waals surface area contributed by atoms with Crippen molar-refractivity contribution >= 4 is 8.56 Å². The van der Waals surface area contributed by atoms with Gasteiger partial charge in [0.25, 0.3) is 0 Å². The van der Waals surface area contributed by atoms with E-state index in [4.69, 9.17) is 8.85 Å². The highest BCUT2D eigenvalue weighted by molar-refractivity contribution is 6.65. The van der Waals surface area contributed by atoms with Gasteiger partial charge in [0.2, 0.25) is 0 Å². The molecule has 0 aromatic heterocycles. The summed E-state index contributed by atoms with van der Waals surface area (Å²) < 4.78 is 10.9. The van der Waals surface area contributed by atoms with Crippen LogP contribution in [0.25, 0.3) is 0 Å². The summed E-state index contributed by atoms with van der Waals surface area (Å²) >= 11 is 0. The van der Waals surface area contributed by atoms with Gasteiger partial charge in [-0.3, -0.25) is 0 Å². The number of benzene rings is 1. The van der Waals surface area contributed by atoms with Crippen LogP contribution in [-0.4, -0.2) is 35.9 Å². The van der Waals surface area contributed by atoms with E-state index in [-0.39, 0.29) is 0 Å². The van der Waals surface area contributed by atoms with Crippen LogP contribution in [0.5, 0.6) is 0 Å². The third-order valence-corrected chi connectivity index (χ3v) is 6.50. The van der Waals surface area contributed by atoms with Crippen LogP contribution < -0.4 is 5.32 Å². The summed E-state index contributed by atoms with van der Waals surface area (Å²) in [5.41, 5.74) is 1.42. The van der Waals surface area contributed by atoms with Crippen molar-refractivity contribution in [3.63, 3.8) is 0 Å². The van der Waals surface area contributed by atoms with Crippen molar-refractivity contribution in [1.82, 2.24) is 5.32 Å². The fourth-order valence-corrected chi connectivity index (χ4v) is 3.40. The second-order valence-corrected chi connectivity index (χ2v) is 8.57. The van der Waals surface area contributed by atoms with E-state index in [2.05, 4.69) is 42.2 Å². The molecule has 0 atom stereocenters. The molecule has 0 heterocycles. The molecule has 108 valence electrons. The van der Waals surface area contributed by atoms with Gasteiger partial charge >= 0.3 is 8.56 Å². The molecule has 0 fully saturated rings. The lowest BCUT2D eigenvalue weighted by molar-refractivity contribution is 0.248. The second kappa shape index (κ2) is 9.26. The monoisotopic (exact) mass is 281 g/mol. The summed E-state index contributed by atoms with van der Waals surface area (Å²) in [4.78, 5) is 0. The van der Waals surface area contributed by atoms with Gasteiger partial charge in [-0.1, -0.05) is 30.3 Å². The predicted molar refractivity (Wildman–Crippen MR) is 82.7 cm³/mol. The van der Waals surface area contributed by atoms with Gasteiger partial charge in [0.15, 0.2) is 0 Å². The van der Waals surface area contributed by atoms with Crippen LogP contribution in [-0.2, 0) is 15.3 Å². The van der Waals surface area contributed by atoms with E-state index in [1.165, 1.54) is 12.0 Å². The fourth-order valence-electron chi connectivity index (χ4n) is 2.01. The molecule has 0 radical (unpaired) electrons. The first-order valence-electron chi connectivity index (χ1n) is 7.05. The molecule has 1 rings (SSSR count). The quantitative estimate of drug-likeness (QED) is 0.528. The minimum Gasteiger partial charge on any atom is -0.398 e. The fraction of sp³-hybridized carbons (Fsp3) is 0.600. The molecule has 0 aliphatic carbocycles. The van der Waals surface area contributed by atoms with E-state index in [0.717, 1.165) is 32.0 Å². The Morgan fingerprint density at radius 3 is 2.26 bits per heavy atom. The highest BCUT2D eigenvalue weighted by Gasteiger charge is 2.27. The minimum absolute atomic E-state index is 1.05. The molecule has 3 nitrogen and oxygen atoms in total. The Morgan fingerprint density at radius 2 is 1.63 bits per heavy atom. The van der Waals surface area contributed by atoms with E-state index in [1.54, 1.807) is 14.2 Å². The van der Waals surface area contributed by atoms with Gasteiger partial charge in [0.05, 0.1) is 0 Å². The maximum atomic E-state index is 5.46. The smallest absolute Gasteiger partial charge is 0.334 e. The average molecular weight is 281 g/mol. The summed E-state index contributed by atoms with van der Waals surface area (Å²) in [6.07, 6.45) is 3.46. The maximum Gasteiger partial charge on any atom is 0.334 e. The molecule has 0 aliphatic rings. The zero-order chi connectivity index (χ0) is 14.0. The standard InChI is InChI=1S/C15H27NO2Si/c1-17-19(3,18-2)14-8-13-16-12-7-11-15-9-5-4-6-10-15/h4-6,9-10,16H,7-8,11-14H2,1-3H3. The van der Waals surface area contributed by atoms with E-state index in [0.29, 0.717) is 0 Å². The molecule has 1 N–H and O–H groups in total. The Hall–Kier alpha value is -0.683. The van der Waals surface area contributed by atoms with E-state index in [1.807, 2.05) is 0 Å². The van der Waals surface area contributed by atoms with E-state index < -0.39 is 8.56 Å². The summed E-state index contributed by atoms with van der Waals surface area (Å²) in [6, 6.07) is 11.7. The van der Waals surface area contributed by atoms with Gasteiger partial charge < -0.3 is 14.2 Å². The Labute approximate surface area is 118 Å². The highest BCUT2D eigenvalue weighted by Crippen LogP contribution is 2.12. The van der Waals surface area contributed by atoms with E-state index in [9.17, 15) is 0 Å². The summed E-state index contributed by atoms with van der Waals surface area (Å²) in [7, 11) is 1.65. The lowest BCUT2D eigenvalue weighted by Gasteiger charge is -2.22. The number of nitrogens with one attached hydrogen (secondary N) is 1. The number of aryl methyl sites for hydroxylation is 1. The molecule has 0 bridgehead atoms. The second-order valence-electron chi connectivity index (χ2n) is 4.98. The molecule has 1 aromatic carbocycles. The Balaban J connectivity index is 2.00. The molecule has 0 unspecified atom stereocenters. The lowest BCUT2D eigenvalue weighted by atomic mass is 10.1. The van der Waals surface area contributed by atoms with Crippen LogP contribution in [0, 0.1) is 0 Å². The largest absolute Gasteiger partial charge is 0.398 e. The summed E-state index contributed by atoms with van der Waals surface area (Å²) in [5, 5.41) is 3.49. The summed E-state index contributed by atoms with van der Waals surface area (Å²) in [5.74, 6) is 0. The average Bonchev–Trinajstić information content (AvgIpc) is 2.47. The molecular weight excluding hydrogens is 254 g/mol. The molecule has 19 heavy (non-hydrogen) atoms. The third kappa shape index (κ3) is 6.87. The van der Waals surface area contributed by atoms with Crippen molar-refractivity contribution in [2.24, 2.45) is 0 Å². The van der Waals surface area contributed by atoms with Crippen molar-refractivity contribution < 1.29 is 8.85 Å². The Morgan fingerprint density at radius 1 is 1.00 bits per heavy atom. The first-order valence-corrected chi connectivity index (χ1v) is 9.57. The molecule has 0 aliphatic heterocycles. The SMILES string of the molecule is CO[Si](C)(CCCNCCCc1ccccc1)OC. The lowest BCUT2D eigenvalue weighted by Crippen LogP contribution is -2.36. The molecule has 1 aromatic rings. The minimum atomic E-state index is -1.86. The first kappa shape index (κ1) is 16.4. The van der Waals surface area contributed by atoms with Crippen LogP contribution in [0.4, 0.5) is 0 Å². The molecule has 0 spiro atoms. The first-order chi connectivity index (χ1) is 9.20. The molecule has 0 amide bonds. The predicted octanol–water partition coefficient (Wildman–Crippen LogP) is 2.96. The summed E-state index contributed by atoms with van der Waals surface area (Å²) in [6.45, 7) is 4.24. The normalized spacial score (nSPS) is 11.7. The van der Waals surface area contributed by atoms with Gasteiger partial charge in [-0.2, -0.15) is 0 Å². The van der Waals surface area contributed by atoms with Crippen molar-refractivity contribution in [1.29, 1.82) is 0 Å². The topological polar surface area (TPSA) is 30.5 Å². The highest BCUT2D eigenvalue weighted by atomic mass is 28.4. The number of hydrogen-bond donors (Lipinski definition) is 1. The van der Waals surface area contributed by atoms with Crippen molar-refractivity contribution in [3.05, 3.63) is 35.9 Å². The third-order valence-electron chi connectivity index (χ3n) is 3.51. The van der Waals surface area contributed by atoms with Gasteiger partial charge in [0, 0.05) is 14.2 Å². The molecular formula is C15H27NO2Si. The van der Waals surface area contributed by atoms with Gasteiger partial charge in [-0.15, -0.1) is 0 Å². The maximum absolute atomic E-state index is 5.46. The van der Waals surface area contributed by atoms with Crippen LogP contribution in [0.15, 0.2) is 30.3 Å². The van der Waals surface area contributed by atoms with Crippen LogP contribution in [0.3, 0.4) is 0 Å². The van der Waals surface area contributed by atoms with Crippen LogP contribution in [0.2, 0.25) is 12.6 Å². The van der Waals surface area contributed by atoms with Crippen molar-refractivity contribution in [3.8, 4) is 0 Å². The Kier molecular flexibility index (Phi) is 7.98. The van der Waals surface area contributed by atoms with Crippen molar-refractivity contribution in [2.75, 3.05) is 27.3 Å². The van der Waals surface area contributed by atoms with Crippen molar-refractivity contribution in [2.45, 2.75) is 31.9 Å². The Bertz CT molecular complexity index is 328. The zero-order valence-corrected chi connectivity index (χ0v) is 13.4. The molecule has 4 heteroatoms. The number of rotatable bonds is 10. The van der Waals surface area contributed by atoms with Crippen LogP contribution in [0.1, 0.15) is 18.4 Å². The van der Waals surface area contributed by atoms with Gasteiger partial charge in [-0.25, -0.2) is 0 Å². The number of hydrogen-bond acceptors (Lipinski definition) is 3. The van der Waals surface area contributed by atoms with Crippen LogP contribution >= 0.6 is 0 Å². The molecule has 0 saturated carbocycles.